The zero-order valence-electron chi connectivity index (χ0n) is 10.9. The summed E-state index contributed by atoms with van der Waals surface area (Å²) in [5.41, 5.74) is 2.48. The molecule has 1 N–H and O–H groups in total. The molecule has 0 aromatic carbocycles. The molecular weight excluding hydrogens is 214 g/mol. The number of ether oxygens (including phenoxy) is 1. The Hall–Kier alpha value is -1.00. The first-order valence-corrected chi connectivity index (χ1v) is 6.28. The van der Waals surface area contributed by atoms with Gasteiger partial charge in [-0.3, -0.25) is 0 Å². The van der Waals surface area contributed by atoms with Crippen molar-refractivity contribution in [2.24, 2.45) is 0 Å². The lowest BCUT2D eigenvalue weighted by molar-refractivity contribution is 0.181. The monoisotopic (exact) mass is 235 g/mol. The van der Waals surface area contributed by atoms with Gasteiger partial charge in [0.15, 0.2) is 0 Å². The first-order valence-electron chi connectivity index (χ1n) is 6.28. The van der Waals surface area contributed by atoms with Crippen LogP contribution in [0, 0.1) is 0 Å². The Bertz CT molecular complexity index is 381. The summed E-state index contributed by atoms with van der Waals surface area (Å²) in [4.78, 5) is 9.18. The number of hydrogen-bond donors (Lipinski definition) is 1. The summed E-state index contributed by atoms with van der Waals surface area (Å²) in [6, 6.07) is 0.422. The van der Waals surface area contributed by atoms with Crippen LogP contribution in [-0.2, 0) is 11.2 Å². The van der Waals surface area contributed by atoms with E-state index in [4.69, 9.17) is 9.72 Å². The Morgan fingerprint density at radius 1 is 1.59 bits per heavy atom. The molecule has 4 nitrogen and oxygen atoms in total. The third-order valence-electron chi connectivity index (χ3n) is 3.41. The lowest BCUT2D eigenvalue weighted by Crippen LogP contribution is -2.23. The highest BCUT2D eigenvalue weighted by Crippen LogP contribution is 2.28. The fourth-order valence-corrected chi connectivity index (χ4v) is 2.42. The van der Waals surface area contributed by atoms with Gasteiger partial charge in [0.25, 0.3) is 0 Å². The molecule has 2 atom stereocenters. The van der Waals surface area contributed by atoms with Crippen LogP contribution >= 0.6 is 0 Å². The van der Waals surface area contributed by atoms with Crippen LogP contribution in [-0.4, -0.2) is 30.7 Å². The number of aryl methyl sites for hydroxylation is 1. The fraction of sp³-hybridized carbons (Fsp3) is 0.692. The zero-order valence-corrected chi connectivity index (χ0v) is 10.9. The van der Waals surface area contributed by atoms with Crippen molar-refractivity contribution < 1.29 is 4.74 Å². The fourth-order valence-electron chi connectivity index (χ4n) is 2.42. The van der Waals surface area contributed by atoms with Gasteiger partial charge in [-0.05, 0) is 26.3 Å². The molecule has 17 heavy (non-hydrogen) atoms. The quantitative estimate of drug-likeness (QED) is 0.865. The standard InChI is InChI=1S/C13H21N3O/c1-9(8-17-3)13-15-7-10-11(14-2)5-4-6-12(10)16-13/h7,9,11,14H,4-6,8H2,1-3H3. The van der Waals surface area contributed by atoms with Crippen LogP contribution in [0.1, 0.15) is 48.8 Å². The van der Waals surface area contributed by atoms with Crippen LogP contribution in [0.4, 0.5) is 0 Å². The van der Waals surface area contributed by atoms with Crippen molar-refractivity contribution in [1.29, 1.82) is 0 Å². The Morgan fingerprint density at radius 2 is 2.41 bits per heavy atom. The number of nitrogens with zero attached hydrogens (tertiary/aromatic N) is 2. The highest BCUT2D eigenvalue weighted by Gasteiger charge is 2.21. The second-order valence-corrected chi connectivity index (χ2v) is 4.72. The van der Waals surface area contributed by atoms with Crippen molar-refractivity contribution in [2.45, 2.75) is 38.1 Å². The van der Waals surface area contributed by atoms with E-state index in [0.29, 0.717) is 12.6 Å². The SMILES string of the molecule is CNC1CCCc2nc(C(C)COC)ncc21. The number of rotatable bonds is 4. The van der Waals surface area contributed by atoms with E-state index in [-0.39, 0.29) is 5.92 Å². The van der Waals surface area contributed by atoms with Crippen LogP contribution in [0.25, 0.3) is 0 Å². The molecule has 1 aliphatic carbocycles. The molecule has 1 aromatic rings. The Labute approximate surface area is 103 Å². The van der Waals surface area contributed by atoms with E-state index < -0.39 is 0 Å². The van der Waals surface area contributed by atoms with Gasteiger partial charge in [0.1, 0.15) is 5.82 Å². The summed E-state index contributed by atoms with van der Waals surface area (Å²) in [6.45, 7) is 2.78. The minimum absolute atomic E-state index is 0.264. The highest BCUT2D eigenvalue weighted by atomic mass is 16.5. The summed E-state index contributed by atoms with van der Waals surface area (Å²) in [6.07, 6.45) is 5.44. The van der Waals surface area contributed by atoms with Gasteiger partial charge in [0.05, 0.1) is 6.61 Å². The van der Waals surface area contributed by atoms with Gasteiger partial charge in [-0.1, -0.05) is 6.92 Å². The molecule has 1 heterocycles. The molecule has 0 spiro atoms. The average Bonchev–Trinajstić information content (AvgIpc) is 2.37. The molecule has 0 fully saturated rings. The molecule has 0 aliphatic heterocycles. The van der Waals surface area contributed by atoms with Gasteiger partial charge in [-0.15, -0.1) is 0 Å². The maximum absolute atomic E-state index is 5.15. The van der Waals surface area contributed by atoms with Crippen molar-refractivity contribution >= 4 is 0 Å². The predicted octanol–water partition coefficient (Wildman–Crippen LogP) is 1.82. The van der Waals surface area contributed by atoms with Crippen LogP contribution in [0.5, 0.6) is 0 Å². The lowest BCUT2D eigenvalue weighted by atomic mass is 9.92. The first-order chi connectivity index (χ1) is 8.26. The average molecular weight is 235 g/mol. The molecule has 0 radical (unpaired) electrons. The second kappa shape index (κ2) is 5.56. The van der Waals surface area contributed by atoms with E-state index in [9.17, 15) is 0 Å². The number of hydrogen-bond acceptors (Lipinski definition) is 4. The summed E-state index contributed by atoms with van der Waals surface area (Å²) < 4.78 is 5.15. The third-order valence-corrected chi connectivity index (χ3v) is 3.41. The molecule has 0 saturated heterocycles. The summed E-state index contributed by atoms with van der Waals surface area (Å²) in [7, 11) is 3.72. The van der Waals surface area contributed by atoms with E-state index in [1.807, 2.05) is 13.2 Å². The molecule has 94 valence electrons. The summed E-state index contributed by atoms with van der Waals surface area (Å²) >= 11 is 0. The molecule has 1 aliphatic rings. The van der Waals surface area contributed by atoms with Crippen molar-refractivity contribution in [3.8, 4) is 0 Å². The van der Waals surface area contributed by atoms with Crippen molar-refractivity contribution in [2.75, 3.05) is 20.8 Å². The predicted molar refractivity (Wildman–Crippen MR) is 67.1 cm³/mol. The Morgan fingerprint density at radius 3 is 3.12 bits per heavy atom. The highest BCUT2D eigenvalue weighted by molar-refractivity contribution is 5.25. The minimum Gasteiger partial charge on any atom is -0.384 e. The van der Waals surface area contributed by atoms with Gasteiger partial charge in [0.2, 0.25) is 0 Å². The first kappa shape index (κ1) is 12.5. The van der Waals surface area contributed by atoms with Crippen LogP contribution < -0.4 is 5.32 Å². The van der Waals surface area contributed by atoms with Crippen molar-refractivity contribution in [3.63, 3.8) is 0 Å². The number of fused-ring (bicyclic) bond motifs is 1. The van der Waals surface area contributed by atoms with E-state index >= 15 is 0 Å². The largest absolute Gasteiger partial charge is 0.384 e. The van der Waals surface area contributed by atoms with E-state index in [0.717, 1.165) is 12.2 Å². The lowest BCUT2D eigenvalue weighted by Gasteiger charge is -2.24. The number of aromatic nitrogens is 2. The molecule has 2 unspecified atom stereocenters. The van der Waals surface area contributed by atoms with Crippen molar-refractivity contribution in [3.05, 3.63) is 23.3 Å². The van der Waals surface area contributed by atoms with Crippen molar-refractivity contribution in [1.82, 2.24) is 15.3 Å². The van der Waals surface area contributed by atoms with Crippen LogP contribution in [0.3, 0.4) is 0 Å². The maximum Gasteiger partial charge on any atom is 0.133 e. The molecular formula is C13H21N3O. The smallest absolute Gasteiger partial charge is 0.133 e. The molecule has 1 aromatic heterocycles. The Kier molecular flexibility index (Phi) is 4.07. The third kappa shape index (κ3) is 2.64. The minimum atomic E-state index is 0.264. The zero-order chi connectivity index (χ0) is 12.3. The second-order valence-electron chi connectivity index (χ2n) is 4.72. The molecule has 0 amide bonds. The molecule has 4 heteroatoms. The summed E-state index contributed by atoms with van der Waals surface area (Å²) in [5.74, 6) is 1.17. The van der Waals surface area contributed by atoms with Gasteiger partial charge in [0, 0.05) is 36.5 Å². The van der Waals surface area contributed by atoms with E-state index in [1.165, 1.54) is 24.1 Å². The van der Waals surface area contributed by atoms with Crippen LogP contribution in [0.2, 0.25) is 0 Å². The van der Waals surface area contributed by atoms with Gasteiger partial charge in [-0.2, -0.15) is 0 Å². The topological polar surface area (TPSA) is 47.0 Å². The van der Waals surface area contributed by atoms with Gasteiger partial charge >= 0.3 is 0 Å². The van der Waals surface area contributed by atoms with E-state index in [1.54, 1.807) is 7.11 Å². The van der Waals surface area contributed by atoms with Crippen LogP contribution in [0.15, 0.2) is 6.20 Å². The van der Waals surface area contributed by atoms with E-state index in [2.05, 4.69) is 17.2 Å². The van der Waals surface area contributed by atoms with Gasteiger partial charge in [-0.25, -0.2) is 9.97 Å². The molecule has 2 rings (SSSR count). The molecule has 0 bridgehead atoms. The maximum atomic E-state index is 5.15. The molecule has 0 saturated carbocycles. The van der Waals surface area contributed by atoms with Gasteiger partial charge < -0.3 is 10.1 Å². The number of methoxy groups -OCH3 is 1. The number of nitrogens with one attached hydrogen (secondary N) is 1. The summed E-state index contributed by atoms with van der Waals surface area (Å²) in [5, 5.41) is 3.33. The Balaban J connectivity index is 2.24. The normalized spacial score (nSPS) is 21.0.